The number of H-pyrrole nitrogens is 1. The van der Waals surface area contributed by atoms with Gasteiger partial charge in [0.2, 0.25) is 17.7 Å². The molecule has 4 N–H and O–H groups in total. The molecule has 0 aromatic carbocycles. The van der Waals surface area contributed by atoms with Crippen LogP contribution < -0.4 is 11.1 Å². The van der Waals surface area contributed by atoms with Crippen LogP contribution in [0.1, 0.15) is 38.4 Å². The number of nitrogens with zero attached hydrogens (tertiary/aromatic N) is 2. The summed E-state index contributed by atoms with van der Waals surface area (Å²) in [5, 5.41) is 7.37. The van der Waals surface area contributed by atoms with Crippen molar-refractivity contribution in [3.05, 3.63) is 5.82 Å². The van der Waals surface area contributed by atoms with E-state index in [9.17, 15) is 18.0 Å². The molecule has 6 nitrogen and oxygen atoms in total. The van der Waals surface area contributed by atoms with Gasteiger partial charge in [-0.2, -0.15) is 18.2 Å². The van der Waals surface area contributed by atoms with Crippen molar-refractivity contribution in [2.45, 2.75) is 44.3 Å². The van der Waals surface area contributed by atoms with Gasteiger partial charge in [0.15, 0.2) is 0 Å². The molecule has 112 valence electrons. The van der Waals surface area contributed by atoms with E-state index < -0.39 is 29.4 Å². The van der Waals surface area contributed by atoms with Crippen LogP contribution >= 0.6 is 0 Å². The highest BCUT2D eigenvalue weighted by Gasteiger charge is 2.39. The standard InChI is InChI=1S/C11H16F3N5O/c1-10(15)5-3-2-4-6(10)7(20)16-9-17-8(18-19-9)11(12,13)14/h6H,2-5,15H2,1H3,(H2,16,17,18,19,20). The first-order valence-electron chi connectivity index (χ1n) is 6.29. The van der Waals surface area contributed by atoms with E-state index in [4.69, 9.17) is 5.73 Å². The number of hydrogen-bond donors (Lipinski definition) is 3. The van der Waals surface area contributed by atoms with E-state index in [2.05, 4.69) is 15.4 Å². The van der Waals surface area contributed by atoms with E-state index in [0.29, 0.717) is 12.8 Å². The summed E-state index contributed by atoms with van der Waals surface area (Å²) in [4.78, 5) is 15.3. The van der Waals surface area contributed by atoms with E-state index in [0.717, 1.165) is 12.8 Å². The fourth-order valence-corrected chi connectivity index (χ4v) is 2.43. The maximum absolute atomic E-state index is 12.3. The second-order valence-corrected chi connectivity index (χ2v) is 5.30. The summed E-state index contributed by atoms with van der Waals surface area (Å²) in [7, 11) is 0. The Labute approximate surface area is 113 Å². The average Bonchev–Trinajstić information content (AvgIpc) is 2.76. The van der Waals surface area contributed by atoms with Crippen LogP contribution in [0.2, 0.25) is 0 Å². The Kier molecular flexibility index (Phi) is 3.72. The maximum Gasteiger partial charge on any atom is 0.451 e. The normalized spacial score (nSPS) is 27.4. The Morgan fingerprint density at radius 3 is 2.75 bits per heavy atom. The summed E-state index contributed by atoms with van der Waals surface area (Å²) < 4.78 is 37.0. The third-order valence-electron chi connectivity index (χ3n) is 3.56. The molecule has 20 heavy (non-hydrogen) atoms. The number of aromatic amines is 1. The number of aromatic nitrogens is 3. The Bertz CT molecular complexity index is 496. The van der Waals surface area contributed by atoms with Crippen molar-refractivity contribution < 1.29 is 18.0 Å². The lowest BCUT2D eigenvalue weighted by Gasteiger charge is -2.36. The lowest BCUT2D eigenvalue weighted by atomic mass is 9.74. The van der Waals surface area contributed by atoms with Crippen LogP contribution in [-0.4, -0.2) is 26.6 Å². The fourth-order valence-electron chi connectivity index (χ4n) is 2.43. The van der Waals surface area contributed by atoms with Crippen LogP contribution in [0.15, 0.2) is 0 Å². The molecule has 0 radical (unpaired) electrons. The molecule has 1 amide bonds. The minimum Gasteiger partial charge on any atom is -0.325 e. The summed E-state index contributed by atoms with van der Waals surface area (Å²) in [5.74, 6) is -2.53. The molecule has 1 fully saturated rings. The van der Waals surface area contributed by atoms with Crippen LogP contribution in [0.3, 0.4) is 0 Å². The highest BCUT2D eigenvalue weighted by atomic mass is 19.4. The van der Waals surface area contributed by atoms with Crippen molar-refractivity contribution in [3.63, 3.8) is 0 Å². The lowest BCUT2D eigenvalue weighted by molar-refractivity contribution is -0.144. The molecule has 1 heterocycles. The minimum absolute atomic E-state index is 0.385. The van der Waals surface area contributed by atoms with Gasteiger partial charge in [-0.15, -0.1) is 5.10 Å². The molecular formula is C11H16F3N5O. The van der Waals surface area contributed by atoms with E-state index in [1.54, 1.807) is 12.0 Å². The number of nitrogens with two attached hydrogens (primary N) is 1. The summed E-state index contributed by atoms with van der Waals surface area (Å²) in [5.41, 5.74) is 5.40. The van der Waals surface area contributed by atoms with Crippen LogP contribution in [0.25, 0.3) is 0 Å². The zero-order valence-electron chi connectivity index (χ0n) is 10.9. The maximum atomic E-state index is 12.3. The van der Waals surface area contributed by atoms with E-state index in [-0.39, 0.29) is 5.95 Å². The van der Waals surface area contributed by atoms with E-state index in [1.165, 1.54) is 0 Å². The summed E-state index contributed by atoms with van der Waals surface area (Å²) in [6.45, 7) is 1.77. The molecule has 0 saturated heterocycles. The third-order valence-corrected chi connectivity index (χ3v) is 3.56. The van der Waals surface area contributed by atoms with Gasteiger partial charge >= 0.3 is 6.18 Å². The Morgan fingerprint density at radius 2 is 2.20 bits per heavy atom. The number of rotatable bonds is 2. The smallest absolute Gasteiger partial charge is 0.325 e. The Balaban J connectivity index is 2.06. The zero-order valence-corrected chi connectivity index (χ0v) is 10.9. The van der Waals surface area contributed by atoms with Gasteiger partial charge in [-0.05, 0) is 19.8 Å². The summed E-state index contributed by atoms with van der Waals surface area (Å²) in [6.07, 6.45) is -1.51. The lowest BCUT2D eigenvalue weighted by Crippen LogP contribution is -2.51. The molecule has 0 bridgehead atoms. The van der Waals surface area contributed by atoms with Crippen LogP contribution in [0.4, 0.5) is 19.1 Å². The molecule has 1 aromatic heterocycles. The van der Waals surface area contributed by atoms with Gasteiger partial charge in [-0.25, -0.2) is 0 Å². The quantitative estimate of drug-likeness (QED) is 0.772. The monoisotopic (exact) mass is 291 g/mol. The van der Waals surface area contributed by atoms with Crippen molar-refractivity contribution in [3.8, 4) is 0 Å². The molecule has 1 saturated carbocycles. The second kappa shape index (κ2) is 5.04. The fraction of sp³-hybridized carbons (Fsp3) is 0.727. The number of amides is 1. The molecule has 0 aliphatic heterocycles. The van der Waals surface area contributed by atoms with Gasteiger partial charge in [0.05, 0.1) is 5.92 Å². The van der Waals surface area contributed by atoms with Gasteiger partial charge in [-0.3, -0.25) is 15.2 Å². The number of hydrogen-bond acceptors (Lipinski definition) is 4. The van der Waals surface area contributed by atoms with Gasteiger partial charge in [-0.1, -0.05) is 12.8 Å². The predicted molar refractivity (Wildman–Crippen MR) is 64.6 cm³/mol. The number of carbonyl (C=O) groups is 1. The van der Waals surface area contributed by atoms with E-state index in [1.807, 2.05) is 0 Å². The number of alkyl halides is 3. The summed E-state index contributed by atoms with van der Waals surface area (Å²) >= 11 is 0. The topological polar surface area (TPSA) is 96.7 Å². The second-order valence-electron chi connectivity index (χ2n) is 5.30. The SMILES string of the molecule is CC1(N)CCCCC1C(=O)Nc1n[nH]c(C(F)(F)F)n1. The van der Waals surface area contributed by atoms with Gasteiger partial charge in [0.1, 0.15) is 0 Å². The van der Waals surface area contributed by atoms with Crippen LogP contribution in [0, 0.1) is 5.92 Å². The molecule has 1 aliphatic carbocycles. The van der Waals surface area contributed by atoms with Gasteiger partial charge < -0.3 is 5.73 Å². The molecule has 1 aliphatic rings. The van der Waals surface area contributed by atoms with Crippen molar-refractivity contribution in [2.75, 3.05) is 5.32 Å². The number of anilines is 1. The van der Waals surface area contributed by atoms with Crippen molar-refractivity contribution in [1.82, 2.24) is 15.2 Å². The number of carbonyl (C=O) groups excluding carboxylic acids is 1. The van der Waals surface area contributed by atoms with Crippen molar-refractivity contribution in [2.24, 2.45) is 11.7 Å². The predicted octanol–water partition coefficient (Wildman–Crippen LogP) is 1.67. The summed E-state index contributed by atoms with van der Waals surface area (Å²) in [6, 6.07) is 0. The van der Waals surface area contributed by atoms with Gasteiger partial charge in [0, 0.05) is 5.54 Å². The van der Waals surface area contributed by atoms with E-state index >= 15 is 0 Å². The largest absolute Gasteiger partial charge is 0.451 e. The minimum atomic E-state index is -4.62. The Morgan fingerprint density at radius 1 is 1.50 bits per heavy atom. The molecular weight excluding hydrogens is 275 g/mol. The highest BCUT2D eigenvalue weighted by molar-refractivity contribution is 5.91. The van der Waals surface area contributed by atoms with Crippen molar-refractivity contribution >= 4 is 11.9 Å². The molecule has 2 atom stereocenters. The average molecular weight is 291 g/mol. The first-order chi connectivity index (χ1) is 9.20. The first-order valence-corrected chi connectivity index (χ1v) is 6.29. The van der Waals surface area contributed by atoms with Gasteiger partial charge in [0.25, 0.3) is 0 Å². The zero-order chi connectivity index (χ0) is 15.0. The van der Waals surface area contributed by atoms with Crippen LogP contribution in [0.5, 0.6) is 0 Å². The van der Waals surface area contributed by atoms with Crippen molar-refractivity contribution in [1.29, 1.82) is 0 Å². The molecule has 2 unspecified atom stereocenters. The Hall–Kier alpha value is -1.64. The molecule has 9 heteroatoms. The third kappa shape index (κ3) is 3.09. The molecule has 1 aromatic rings. The first kappa shape index (κ1) is 14.8. The highest BCUT2D eigenvalue weighted by Crippen LogP contribution is 2.32. The number of nitrogens with one attached hydrogen (secondary N) is 2. The number of halogens is 3. The van der Waals surface area contributed by atoms with Crippen LogP contribution in [-0.2, 0) is 11.0 Å². The molecule has 2 rings (SSSR count). The molecule has 0 spiro atoms.